The van der Waals surface area contributed by atoms with E-state index >= 15 is 0 Å². The summed E-state index contributed by atoms with van der Waals surface area (Å²) in [4.78, 5) is 18.4. The normalized spacial score (nSPS) is 14.7. The molecule has 0 spiro atoms. The molecule has 0 radical (unpaired) electrons. The lowest BCUT2D eigenvalue weighted by molar-refractivity contribution is 0.0730. The van der Waals surface area contributed by atoms with Crippen molar-refractivity contribution >= 4 is 32.5 Å². The standard InChI is InChI=1S/C27H25N3O4S/c1-19-11-12-21(17-26(19)35(32,33)30-13-15-34-16-14-30)28-27(31)23-18-25(20-7-3-2-4-8-20)29-24-10-6-5-9-22(23)24/h2-12,17-18H,13-16H2,1H3,(H,28,31). The number of benzene rings is 3. The number of hydrogen-bond acceptors (Lipinski definition) is 5. The first-order chi connectivity index (χ1) is 16.9. The van der Waals surface area contributed by atoms with Gasteiger partial charge in [-0.3, -0.25) is 4.79 Å². The highest BCUT2D eigenvalue weighted by molar-refractivity contribution is 7.89. The van der Waals surface area contributed by atoms with Gasteiger partial charge < -0.3 is 10.1 Å². The topological polar surface area (TPSA) is 88.6 Å². The van der Waals surface area contributed by atoms with Crippen molar-refractivity contribution in [1.82, 2.24) is 9.29 Å². The van der Waals surface area contributed by atoms with Crippen LogP contribution in [0.15, 0.2) is 83.8 Å². The summed E-state index contributed by atoms with van der Waals surface area (Å²) in [7, 11) is -3.70. The van der Waals surface area contributed by atoms with Crippen LogP contribution in [0.4, 0.5) is 5.69 Å². The number of amides is 1. The maximum absolute atomic E-state index is 13.4. The highest BCUT2D eigenvalue weighted by Crippen LogP contribution is 2.28. The molecule has 35 heavy (non-hydrogen) atoms. The molecule has 1 N–H and O–H groups in total. The number of aromatic nitrogens is 1. The molecule has 7 nitrogen and oxygen atoms in total. The van der Waals surface area contributed by atoms with Gasteiger partial charge in [0.05, 0.1) is 34.9 Å². The average molecular weight is 488 g/mol. The number of nitrogens with zero attached hydrogens (tertiary/aromatic N) is 2. The number of ether oxygens (including phenoxy) is 1. The van der Waals surface area contributed by atoms with Gasteiger partial charge in [-0.1, -0.05) is 54.6 Å². The molecule has 1 aliphatic heterocycles. The highest BCUT2D eigenvalue weighted by atomic mass is 32.2. The molecule has 1 aromatic heterocycles. The first-order valence-electron chi connectivity index (χ1n) is 11.4. The molecular weight excluding hydrogens is 462 g/mol. The lowest BCUT2D eigenvalue weighted by Gasteiger charge is -2.26. The van der Waals surface area contributed by atoms with Crippen molar-refractivity contribution in [3.8, 4) is 11.3 Å². The van der Waals surface area contributed by atoms with Crippen LogP contribution in [-0.2, 0) is 14.8 Å². The first kappa shape index (κ1) is 23.2. The molecule has 178 valence electrons. The minimum Gasteiger partial charge on any atom is -0.379 e. The number of aryl methyl sites for hydroxylation is 1. The largest absolute Gasteiger partial charge is 0.379 e. The van der Waals surface area contributed by atoms with Crippen molar-refractivity contribution in [3.05, 3.63) is 90.0 Å². The van der Waals surface area contributed by atoms with Crippen LogP contribution in [0.1, 0.15) is 15.9 Å². The molecule has 0 bridgehead atoms. The van der Waals surface area contributed by atoms with Gasteiger partial charge in [-0.15, -0.1) is 0 Å². The number of para-hydroxylation sites is 1. The predicted octanol–water partition coefficient (Wildman–Crippen LogP) is 4.48. The summed E-state index contributed by atoms with van der Waals surface area (Å²) in [6.45, 7) is 3.11. The number of rotatable bonds is 5. The number of hydrogen-bond donors (Lipinski definition) is 1. The summed E-state index contributed by atoms with van der Waals surface area (Å²) in [5.41, 5.74) is 3.80. The molecule has 0 saturated carbocycles. The average Bonchev–Trinajstić information content (AvgIpc) is 2.90. The lowest BCUT2D eigenvalue weighted by Crippen LogP contribution is -2.40. The lowest BCUT2D eigenvalue weighted by atomic mass is 10.0. The molecule has 3 aromatic carbocycles. The second-order valence-corrected chi connectivity index (χ2v) is 10.3. The van der Waals surface area contributed by atoms with Gasteiger partial charge in [-0.2, -0.15) is 4.31 Å². The molecule has 4 aromatic rings. The molecule has 0 aliphatic carbocycles. The van der Waals surface area contributed by atoms with E-state index in [0.717, 1.165) is 10.9 Å². The number of nitrogens with one attached hydrogen (secondary N) is 1. The van der Waals surface area contributed by atoms with Crippen LogP contribution in [0, 0.1) is 6.92 Å². The van der Waals surface area contributed by atoms with Crippen molar-refractivity contribution in [3.63, 3.8) is 0 Å². The van der Waals surface area contributed by atoms with Crippen LogP contribution >= 0.6 is 0 Å². The second-order valence-electron chi connectivity index (χ2n) is 8.39. The van der Waals surface area contributed by atoms with Gasteiger partial charge in [0.25, 0.3) is 5.91 Å². The van der Waals surface area contributed by atoms with Gasteiger partial charge in [0.15, 0.2) is 0 Å². The number of fused-ring (bicyclic) bond motifs is 1. The smallest absolute Gasteiger partial charge is 0.256 e. The Labute approximate surface area is 204 Å². The minimum absolute atomic E-state index is 0.182. The predicted molar refractivity (Wildman–Crippen MR) is 136 cm³/mol. The van der Waals surface area contributed by atoms with E-state index in [4.69, 9.17) is 9.72 Å². The number of pyridine rings is 1. The van der Waals surface area contributed by atoms with Gasteiger partial charge in [0.2, 0.25) is 10.0 Å². The minimum atomic E-state index is -3.70. The fourth-order valence-electron chi connectivity index (χ4n) is 4.20. The number of sulfonamides is 1. The summed E-state index contributed by atoms with van der Waals surface area (Å²) in [6, 6.07) is 23.9. The van der Waals surface area contributed by atoms with E-state index in [9.17, 15) is 13.2 Å². The second kappa shape index (κ2) is 9.58. The maximum Gasteiger partial charge on any atom is 0.256 e. The van der Waals surface area contributed by atoms with Crippen molar-refractivity contribution in [1.29, 1.82) is 0 Å². The Bertz CT molecular complexity index is 1500. The molecule has 1 saturated heterocycles. The Balaban J connectivity index is 1.51. The molecule has 1 aliphatic rings. The van der Waals surface area contributed by atoms with Crippen LogP contribution in [0.3, 0.4) is 0 Å². The number of carbonyl (C=O) groups is 1. The molecule has 8 heteroatoms. The highest BCUT2D eigenvalue weighted by Gasteiger charge is 2.28. The monoisotopic (exact) mass is 487 g/mol. The molecule has 1 fully saturated rings. The van der Waals surface area contributed by atoms with E-state index in [1.165, 1.54) is 10.4 Å². The Kier molecular flexibility index (Phi) is 6.34. The first-order valence-corrected chi connectivity index (χ1v) is 12.8. The van der Waals surface area contributed by atoms with E-state index < -0.39 is 10.0 Å². The van der Waals surface area contributed by atoms with Gasteiger partial charge >= 0.3 is 0 Å². The summed E-state index contributed by atoms with van der Waals surface area (Å²) in [5, 5.41) is 3.62. The van der Waals surface area contributed by atoms with E-state index in [-0.39, 0.29) is 10.8 Å². The number of anilines is 1. The van der Waals surface area contributed by atoms with Crippen LogP contribution in [0.5, 0.6) is 0 Å². The summed E-state index contributed by atoms with van der Waals surface area (Å²) < 4.78 is 33.2. The zero-order chi connectivity index (χ0) is 24.4. The van der Waals surface area contributed by atoms with E-state index in [1.54, 1.807) is 25.1 Å². The van der Waals surface area contributed by atoms with Gasteiger partial charge in [-0.25, -0.2) is 13.4 Å². The Morgan fingerprint density at radius 2 is 1.66 bits per heavy atom. The third-order valence-corrected chi connectivity index (χ3v) is 8.10. The Morgan fingerprint density at radius 1 is 0.943 bits per heavy atom. The third-order valence-electron chi connectivity index (χ3n) is 6.06. The van der Waals surface area contributed by atoms with Gasteiger partial charge in [0.1, 0.15) is 0 Å². The van der Waals surface area contributed by atoms with Crippen molar-refractivity contribution in [2.45, 2.75) is 11.8 Å². The zero-order valence-electron chi connectivity index (χ0n) is 19.3. The summed E-state index contributed by atoms with van der Waals surface area (Å²) in [6.07, 6.45) is 0. The van der Waals surface area contributed by atoms with E-state index in [2.05, 4.69) is 5.32 Å². The fourth-order valence-corrected chi connectivity index (χ4v) is 5.86. The van der Waals surface area contributed by atoms with Crippen LogP contribution < -0.4 is 5.32 Å². The van der Waals surface area contributed by atoms with Crippen LogP contribution in [0.25, 0.3) is 22.2 Å². The molecule has 0 unspecified atom stereocenters. The van der Waals surface area contributed by atoms with Gasteiger partial charge in [0, 0.05) is 29.7 Å². The Hall–Kier alpha value is -3.59. The summed E-state index contributed by atoms with van der Waals surface area (Å²) >= 11 is 0. The molecule has 2 heterocycles. The quantitative estimate of drug-likeness (QED) is 0.448. The van der Waals surface area contributed by atoms with E-state index in [0.29, 0.717) is 54.3 Å². The van der Waals surface area contributed by atoms with E-state index in [1.807, 2.05) is 54.6 Å². The Morgan fingerprint density at radius 3 is 2.43 bits per heavy atom. The summed E-state index contributed by atoms with van der Waals surface area (Å²) in [5.74, 6) is -0.334. The van der Waals surface area contributed by atoms with Crippen molar-refractivity contribution in [2.75, 3.05) is 31.6 Å². The fraction of sp³-hybridized carbons (Fsp3) is 0.185. The SMILES string of the molecule is Cc1ccc(NC(=O)c2cc(-c3ccccc3)nc3ccccc23)cc1S(=O)(=O)N1CCOCC1. The molecule has 0 atom stereocenters. The van der Waals surface area contributed by atoms with Crippen molar-refractivity contribution in [2.24, 2.45) is 0 Å². The molecule has 1 amide bonds. The van der Waals surface area contributed by atoms with Crippen LogP contribution in [0.2, 0.25) is 0 Å². The van der Waals surface area contributed by atoms with Crippen molar-refractivity contribution < 1.29 is 17.9 Å². The molecule has 5 rings (SSSR count). The van der Waals surface area contributed by atoms with Gasteiger partial charge in [-0.05, 0) is 36.8 Å². The molecular formula is C27H25N3O4S. The third kappa shape index (κ3) is 4.68. The zero-order valence-corrected chi connectivity index (χ0v) is 20.1. The number of carbonyl (C=O) groups excluding carboxylic acids is 1. The number of morpholine rings is 1. The maximum atomic E-state index is 13.4. The van der Waals surface area contributed by atoms with Crippen LogP contribution in [-0.4, -0.2) is 49.9 Å².